The monoisotopic (exact) mass is 211 g/mol. The summed E-state index contributed by atoms with van der Waals surface area (Å²) < 4.78 is 0. The van der Waals surface area contributed by atoms with Crippen LogP contribution in [0.25, 0.3) is 0 Å². The fourth-order valence-electron chi connectivity index (χ4n) is 3.23. The minimum atomic E-state index is -0.0368. The van der Waals surface area contributed by atoms with E-state index in [9.17, 15) is 4.79 Å². The zero-order valence-corrected chi connectivity index (χ0v) is 9.57. The van der Waals surface area contributed by atoms with Crippen molar-refractivity contribution in [1.29, 1.82) is 0 Å². The third-order valence-corrected chi connectivity index (χ3v) is 3.85. The number of nitrogens with two attached hydrogens (primary N) is 1. The number of hydrogen-bond donors (Lipinski definition) is 2. The molecule has 1 saturated heterocycles. The predicted octanol–water partition coefficient (Wildman–Crippen LogP) is 0.485. The number of nitrogens with one attached hydrogen (secondary N) is 1. The quantitative estimate of drug-likeness (QED) is 0.406. The molecule has 2 rings (SSSR count). The van der Waals surface area contributed by atoms with Crippen LogP contribution in [-0.2, 0) is 4.79 Å². The van der Waals surface area contributed by atoms with Gasteiger partial charge in [-0.2, -0.15) is 0 Å². The van der Waals surface area contributed by atoms with E-state index in [1.54, 1.807) is 0 Å². The van der Waals surface area contributed by atoms with Crippen molar-refractivity contribution in [2.45, 2.75) is 45.2 Å². The molecule has 0 radical (unpaired) electrons. The van der Waals surface area contributed by atoms with E-state index in [-0.39, 0.29) is 11.9 Å². The summed E-state index contributed by atoms with van der Waals surface area (Å²) in [5, 5.41) is 0. The number of nitrogens with zero attached hydrogens (tertiary/aromatic N) is 1. The van der Waals surface area contributed by atoms with Gasteiger partial charge >= 0.3 is 0 Å². The first-order chi connectivity index (χ1) is 7.13. The van der Waals surface area contributed by atoms with Crippen LogP contribution in [0.1, 0.15) is 33.1 Å². The molecule has 0 aromatic heterocycles. The van der Waals surface area contributed by atoms with Gasteiger partial charge in [-0.3, -0.25) is 15.1 Å². The Morgan fingerprint density at radius 2 is 2.20 bits per heavy atom. The molecule has 1 aliphatic carbocycles. The Balaban J connectivity index is 2.08. The molecule has 0 spiro atoms. The lowest BCUT2D eigenvalue weighted by Crippen LogP contribution is -2.54. The molecule has 2 bridgehead atoms. The Morgan fingerprint density at radius 1 is 1.47 bits per heavy atom. The largest absolute Gasteiger partial charge is 0.293 e. The maximum absolute atomic E-state index is 11.7. The molecule has 4 nitrogen and oxygen atoms in total. The number of hydrazine groups is 1. The summed E-state index contributed by atoms with van der Waals surface area (Å²) in [4.78, 5) is 14.1. The molecule has 1 saturated carbocycles. The molecule has 2 fully saturated rings. The highest BCUT2D eigenvalue weighted by atomic mass is 16.2. The predicted molar refractivity (Wildman–Crippen MR) is 58.8 cm³/mol. The summed E-state index contributed by atoms with van der Waals surface area (Å²) in [5.74, 6) is 6.37. The van der Waals surface area contributed by atoms with Crippen LogP contribution in [0.4, 0.5) is 0 Å². The summed E-state index contributed by atoms with van der Waals surface area (Å²) in [7, 11) is 0. The minimum Gasteiger partial charge on any atom is -0.293 e. The van der Waals surface area contributed by atoms with Gasteiger partial charge in [0.25, 0.3) is 5.91 Å². The van der Waals surface area contributed by atoms with Gasteiger partial charge in [0.1, 0.15) is 0 Å². The van der Waals surface area contributed by atoms with Crippen LogP contribution < -0.4 is 11.3 Å². The molecule has 15 heavy (non-hydrogen) atoms. The van der Waals surface area contributed by atoms with Gasteiger partial charge in [-0.05, 0) is 31.1 Å². The van der Waals surface area contributed by atoms with Crippen molar-refractivity contribution < 1.29 is 4.79 Å². The summed E-state index contributed by atoms with van der Waals surface area (Å²) in [6.07, 6.45) is 3.88. The molecule has 3 N–H and O–H groups in total. The van der Waals surface area contributed by atoms with Crippen molar-refractivity contribution in [3.63, 3.8) is 0 Å². The molecular weight excluding hydrogens is 190 g/mol. The first-order valence-electron chi connectivity index (χ1n) is 5.89. The Bertz CT molecular complexity index is 254. The highest BCUT2D eigenvalue weighted by Gasteiger charge is 2.43. The van der Waals surface area contributed by atoms with Gasteiger partial charge in [0.15, 0.2) is 0 Å². The van der Waals surface area contributed by atoms with Gasteiger partial charge in [0.2, 0.25) is 0 Å². The Labute approximate surface area is 91.2 Å². The number of carbonyl (C=O) groups excluding carboxylic acids is 1. The third kappa shape index (κ3) is 1.88. The summed E-state index contributed by atoms with van der Waals surface area (Å²) in [6, 6.07) is 0.588. The lowest BCUT2D eigenvalue weighted by Gasteiger charge is -2.35. The van der Waals surface area contributed by atoms with Gasteiger partial charge in [-0.1, -0.05) is 13.8 Å². The van der Waals surface area contributed by atoms with Crippen LogP contribution in [0, 0.1) is 11.8 Å². The van der Waals surface area contributed by atoms with Gasteiger partial charge in [-0.25, -0.2) is 5.84 Å². The summed E-state index contributed by atoms with van der Waals surface area (Å²) in [5.41, 5.74) is 2.30. The van der Waals surface area contributed by atoms with E-state index < -0.39 is 0 Å². The molecule has 3 unspecified atom stereocenters. The molecule has 86 valence electrons. The Morgan fingerprint density at radius 3 is 2.60 bits per heavy atom. The zero-order valence-electron chi connectivity index (χ0n) is 9.57. The molecular formula is C11H21N3O. The van der Waals surface area contributed by atoms with Gasteiger partial charge in [0.05, 0.1) is 6.04 Å². The van der Waals surface area contributed by atoms with Crippen molar-refractivity contribution in [2.24, 2.45) is 17.7 Å². The summed E-state index contributed by atoms with van der Waals surface area (Å²) >= 11 is 0. The van der Waals surface area contributed by atoms with E-state index in [2.05, 4.69) is 24.2 Å². The highest BCUT2D eigenvalue weighted by Crippen LogP contribution is 2.39. The second-order valence-corrected chi connectivity index (χ2v) is 5.23. The van der Waals surface area contributed by atoms with Crippen molar-refractivity contribution >= 4 is 5.91 Å². The van der Waals surface area contributed by atoms with E-state index in [0.29, 0.717) is 12.0 Å². The molecule has 1 amide bonds. The van der Waals surface area contributed by atoms with Crippen molar-refractivity contribution in [3.05, 3.63) is 0 Å². The van der Waals surface area contributed by atoms with Gasteiger partial charge < -0.3 is 0 Å². The number of likely N-dealkylation sites (tertiary alicyclic amines) is 1. The second-order valence-electron chi connectivity index (χ2n) is 5.23. The molecule has 3 atom stereocenters. The van der Waals surface area contributed by atoms with E-state index >= 15 is 0 Å². The minimum absolute atomic E-state index is 0.0300. The molecule has 1 aliphatic heterocycles. The topological polar surface area (TPSA) is 58.4 Å². The molecule has 2 aliphatic rings. The second kappa shape index (κ2) is 4.10. The van der Waals surface area contributed by atoms with Crippen molar-refractivity contribution in [2.75, 3.05) is 6.54 Å². The number of carbonyl (C=O) groups is 1. The summed E-state index contributed by atoms with van der Waals surface area (Å²) in [6.45, 7) is 5.26. The smallest absolute Gasteiger partial charge is 0.251 e. The first-order valence-corrected chi connectivity index (χ1v) is 5.89. The fraction of sp³-hybridized carbons (Fsp3) is 0.909. The third-order valence-electron chi connectivity index (χ3n) is 3.85. The van der Waals surface area contributed by atoms with E-state index in [1.807, 2.05) is 0 Å². The van der Waals surface area contributed by atoms with Crippen LogP contribution in [0.3, 0.4) is 0 Å². The van der Waals surface area contributed by atoms with Crippen molar-refractivity contribution in [1.82, 2.24) is 10.3 Å². The van der Waals surface area contributed by atoms with Crippen LogP contribution in [0.5, 0.6) is 0 Å². The van der Waals surface area contributed by atoms with E-state index in [0.717, 1.165) is 12.5 Å². The number of amides is 1. The standard InChI is InChI=1S/C11H21N3O/c1-7(2)10(11(15)13-12)14-6-8-3-4-9(14)5-8/h7-10H,3-6,12H2,1-2H3,(H,13,15). The van der Waals surface area contributed by atoms with Crippen LogP contribution in [0.2, 0.25) is 0 Å². The molecule has 4 heteroatoms. The van der Waals surface area contributed by atoms with Gasteiger partial charge in [-0.15, -0.1) is 0 Å². The normalized spacial score (nSPS) is 32.3. The number of rotatable bonds is 3. The lowest BCUT2D eigenvalue weighted by molar-refractivity contribution is -0.128. The average molecular weight is 211 g/mol. The number of fused-ring (bicyclic) bond motifs is 2. The lowest BCUT2D eigenvalue weighted by atomic mass is 9.99. The number of piperidine rings is 1. The molecule has 1 heterocycles. The molecule has 0 aromatic rings. The first kappa shape index (κ1) is 10.9. The average Bonchev–Trinajstić information content (AvgIpc) is 2.78. The van der Waals surface area contributed by atoms with Crippen LogP contribution in [0.15, 0.2) is 0 Å². The SMILES string of the molecule is CC(C)C(C(=O)NN)N1CC2CCC1C2. The zero-order chi connectivity index (χ0) is 11.0. The highest BCUT2D eigenvalue weighted by molar-refractivity contribution is 5.81. The maximum Gasteiger partial charge on any atom is 0.251 e. The van der Waals surface area contributed by atoms with Gasteiger partial charge in [0, 0.05) is 12.6 Å². The maximum atomic E-state index is 11.7. The van der Waals surface area contributed by atoms with Crippen LogP contribution in [-0.4, -0.2) is 29.4 Å². The fourth-order valence-corrected chi connectivity index (χ4v) is 3.23. The Kier molecular flexibility index (Phi) is 2.98. The Hall–Kier alpha value is -0.610. The number of hydrogen-bond acceptors (Lipinski definition) is 3. The van der Waals surface area contributed by atoms with Crippen LogP contribution >= 0.6 is 0 Å². The van der Waals surface area contributed by atoms with E-state index in [4.69, 9.17) is 5.84 Å². The molecule has 0 aromatic carbocycles. The van der Waals surface area contributed by atoms with Crippen molar-refractivity contribution in [3.8, 4) is 0 Å². The van der Waals surface area contributed by atoms with E-state index in [1.165, 1.54) is 19.3 Å².